The third-order valence-electron chi connectivity index (χ3n) is 4.88. The molecule has 4 unspecified atom stereocenters. The van der Waals surface area contributed by atoms with Crippen LogP contribution in [0, 0.1) is 11.8 Å². The molecule has 1 aromatic rings. The SMILES string of the molecule is NC(=NCCN1C(=O)C2C3C=CC(O3)C2C1=O)NC(=O)Nc1ccccc1. The molecule has 27 heavy (non-hydrogen) atoms. The number of aliphatic imine (C=N–C) groups is 1. The van der Waals surface area contributed by atoms with Crippen LogP contribution in [0.1, 0.15) is 0 Å². The summed E-state index contributed by atoms with van der Waals surface area (Å²) in [6.45, 7) is 0.227. The first-order chi connectivity index (χ1) is 13.0. The number of nitrogens with one attached hydrogen (secondary N) is 2. The third-order valence-corrected chi connectivity index (χ3v) is 4.88. The number of likely N-dealkylation sites (tertiary alicyclic amines) is 1. The minimum atomic E-state index is -0.523. The molecule has 0 aliphatic carbocycles. The summed E-state index contributed by atoms with van der Waals surface area (Å²) in [5.74, 6) is -1.41. The van der Waals surface area contributed by atoms with Crippen LogP contribution in [0.4, 0.5) is 10.5 Å². The van der Waals surface area contributed by atoms with Crippen LogP contribution >= 0.6 is 0 Å². The van der Waals surface area contributed by atoms with Crippen LogP contribution in [0.15, 0.2) is 47.5 Å². The fourth-order valence-electron chi connectivity index (χ4n) is 3.70. The predicted molar refractivity (Wildman–Crippen MR) is 96.6 cm³/mol. The molecular formula is C18H19N5O4. The van der Waals surface area contributed by atoms with E-state index in [2.05, 4.69) is 15.6 Å². The number of rotatable bonds is 4. The Morgan fingerprint density at radius 2 is 1.74 bits per heavy atom. The number of para-hydroxylation sites is 1. The van der Waals surface area contributed by atoms with Crippen LogP contribution in [0.5, 0.6) is 0 Å². The van der Waals surface area contributed by atoms with Gasteiger partial charge in [0.25, 0.3) is 0 Å². The van der Waals surface area contributed by atoms with Crippen molar-refractivity contribution in [3.63, 3.8) is 0 Å². The Morgan fingerprint density at radius 3 is 2.37 bits per heavy atom. The third kappa shape index (κ3) is 3.17. The molecule has 2 saturated heterocycles. The Bertz CT molecular complexity index is 807. The number of nitrogens with zero attached hydrogens (tertiary/aromatic N) is 2. The van der Waals surface area contributed by atoms with E-state index in [4.69, 9.17) is 10.5 Å². The highest BCUT2D eigenvalue weighted by Gasteiger charge is 2.60. The molecule has 3 aliphatic heterocycles. The smallest absolute Gasteiger partial charge is 0.325 e. The maximum absolute atomic E-state index is 12.5. The van der Waals surface area contributed by atoms with E-state index in [1.807, 2.05) is 18.2 Å². The molecule has 0 radical (unpaired) electrons. The van der Waals surface area contributed by atoms with Crippen LogP contribution < -0.4 is 16.4 Å². The second-order valence-electron chi connectivity index (χ2n) is 6.54. The van der Waals surface area contributed by atoms with Gasteiger partial charge in [0.05, 0.1) is 30.6 Å². The van der Waals surface area contributed by atoms with Crippen molar-refractivity contribution in [3.8, 4) is 0 Å². The number of benzene rings is 1. The van der Waals surface area contributed by atoms with Crippen LogP contribution in [0.3, 0.4) is 0 Å². The summed E-state index contributed by atoms with van der Waals surface area (Å²) < 4.78 is 5.58. The van der Waals surface area contributed by atoms with Gasteiger partial charge in [0.2, 0.25) is 11.8 Å². The summed E-state index contributed by atoms with van der Waals surface area (Å²) in [4.78, 5) is 42.0. The van der Waals surface area contributed by atoms with Crippen LogP contribution in [0.2, 0.25) is 0 Å². The number of carbonyl (C=O) groups is 3. The van der Waals surface area contributed by atoms with Gasteiger partial charge in [0.1, 0.15) is 0 Å². The van der Waals surface area contributed by atoms with E-state index in [0.717, 1.165) is 0 Å². The first-order valence-corrected chi connectivity index (χ1v) is 8.66. The summed E-state index contributed by atoms with van der Waals surface area (Å²) in [6.07, 6.45) is 3.06. The largest absolute Gasteiger partial charge is 0.370 e. The molecule has 0 saturated carbocycles. The minimum absolute atomic E-state index is 0.0900. The number of ether oxygens (including phenoxy) is 1. The van der Waals surface area contributed by atoms with Crippen LogP contribution in [0.25, 0.3) is 0 Å². The lowest BCUT2D eigenvalue weighted by Crippen LogP contribution is -2.41. The van der Waals surface area contributed by atoms with Gasteiger partial charge in [-0.25, -0.2) is 4.79 Å². The number of hydrogen-bond acceptors (Lipinski definition) is 5. The maximum Gasteiger partial charge on any atom is 0.325 e. The monoisotopic (exact) mass is 369 g/mol. The number of carbonyl (C=O) groups excluding carboxylic acids is 3. The molecule has 3 aliphatic rings. The Balaban J connectivity index is 1.28. The molecule has 4 N–H and O–H groups in total. The van der Waals surface area contributed by atoms with Crippen molar-refractivity contribution in [2.24, 2.45) is 22.6 Å². The molecule has 4 rings (SSSR count). The van der Waals surface area contributed by atoms with E-state index in [0.29, 0.717) is 5.69 Å². The summed E-state index contributed by atoms with van der Waals surface area (Å²) >= 11 is 0. The highest BCUT2D eigenvalue weighted by Crippen LogP contribution is 2.44. The van der Waals surface area contributed by atoms with Gasteiger partial charge in [0.15, 0.2) is 5.96 Å². The van der Waals surface area contributed by atoms with E-state index in [1.54, 1.807) is 24.3 Å². The standard InChI is InChI=1S/C18H19N5O4/c19-17(22-18(26)21-10-4-2-1-3-5-10)20-8-9-23-15(24)13-11-6-7-12(27-11)14(13)16(23)25/h1-7,11-14H,8-9H2,(H4,19,20,21,22,26). The lowest BCUT2D eigenvalue weighted by Gasteiger charge is -2.16. The molecule has 1 aromatic carbocycles. The average molecular weight is 369 g/mol. The van der Waals surface area contributed by atoms with Crippen molar-refractivity contribution in [3.05, 3.63) is 42.5 Å². The number of fused-ring (bicyclic) bond motifs is 5. The van der Waals surface area contributed by atoms with E-state index in [1.165, 1.54) is 4.90 Å². The highest BCUT2D eigenvalue weighted by molar-refractivity contribution is 6.06. The zero-order valence-corrected chi connectivity index (χ0v) is 14.4. The van der Waals surface area contributed by atoms with Crippen molar-refractivity contribution in [2.75, 3.05) is 18.4 Å². The Kier molecular flexibility index (Phi) is 4.36. The number of nitrogens with two attached hydrogens (primary N) is 1. The minimum Gasteiger partial charge on any atom is -0.370 e. The molecule has 2 fully saturated rings. The molecule has 9 nitrogen and oxygen atoms in total. The Hall–Kier alpha value is -3.20. The van der Waals surface area contributed by atoms with E-state index < -0.39 is 17.9 Å². The molecular weight excluding hydrogens is 350 g/mol. The number of amides is 4. The van der Waals surface area contributed by atoms with Crippen molar-refractivity contribution in [1.29, 1.82) is 0 Å². The zero-order chi connectivity index (χ0) is 19.0. The zero-order valence-electron chi connectivity index (χ0n) is 14.4. The first-order valence-electron chi connectivity index (χ1n) is 8.66. The molecule has 2 bridgehead atoms. The van der Waals surface area contributed by atoms with Gasteiger partial charge in [-0.1, -0.05) is 30.4 Å². The van der Waals surface area contributed by atoms with Gasteiger partial charge in [0, 0.05) is 12.2 Å². The lowest BCUT2D eigenvalue weighted by molar-refractivity contribution is -0.142. The van der Waals surface area contributed by atoms with Gasteiger partial charge in [-0.3, -0.25) is 24.8 Å². The number of imide groups is 1. The maximum atomic E-state index is 12.5. The van der Waals surface area contributed by atoms with Gasteiger partial charge in [-0.15, -0.1) is 0 Å². The van der Waals surface area contributed by atoms with Gasteiger partial charge >= 0.3 is 6.03 Å². The molecule has 4 atom stereocenters. The highest BCUT2D eigenvalue weighted by atomic mass is 16.5. The van der Waals surface area contributed by atoms with Crippen molar-refractivity contribution >= 4 is 29.5 Å². The molecule has 0 spiro atoms. The number of urea groups is 1. The van der Waals surface area contributed by atoms with Crippen LogP contribution in [-0.2, 0) is 14.3 Å². The number of anilines is 1. The summed E-state index contributed by atoms with van der Waals surface area (Å²) in [7, 11) is 0. The average Bonchev–Trinajstić information content (AvgIpc) is 3.32. The number of guanidine groups is 1. The second kappa shape index (κ2) is 6.84. The molecule has 0 aromatic heterocycles. The van der Waals surface area contributed by atoms with E-state index >= 15 is 0 Å². The van der Waals surface area contributed by atoms with Gasteiger partial charge in [-0.2, -0.15) is 0 Å². The van der Waals surface area contributed by atoms with Gasteiger partial charge in [-0.05, 0) is 12.1 Å². The Morgan fingerprint density at radius 1 is 1.11 bits per heavy atom. The fraction of sp³-hybridized carbons (Fsp3) is 0.333. The molecule has 3 heterocycles. The molecule has 4 amide bonds. The Labute approximate surface area is 155 Å². The quantitative estimate of drug-likeness (QED) is 0.299. The second-order valence-corrected chi connectivity index (χ2v) is 6.54. The summed E-state index contributed by atoms with van der Waals surface area (Å²) in [6, 6.07) is 8.37. The van der Waals surface area contributed by atoms with Crippen molar-refractivity contribution in [1.82, 2.24) is 10.2 Å². The molecule has 9 heteroatoms. The normalized spacial score (nSPS) is 28.6. The van der Waals surface area contributed by atoms with E-state index in [9.17, 15) is 14.4 Å². The topological polar surface area (TPSA) is 126 Å². The van der Waals surface area contributed by atoms with Crippen molar-refractivity contribution in [2.45, 2.75) is 12.2 Å². The number of hydrogen-bond donors (Lipinski definition) is 3. The van der Waals surface area contributed by atoms with Crippen molar-refractivity contribution < 1.29 is 19.1 Å². The fourth-order valence-corrected chi connectivity index (χ4v) is 3.70. The molecule has 140 valence electrons. The lowest BCUT2D eigenvalue weighted by atomic mass is 9.85. The van der Waals surface area contributed by atoms with Gasteiger partial charge < -0.3 is 15.8 Å². The van der Waals surface area contributed by atoms with E-state index in [-0.39, 0.29) is 43.1 Å². The predicted octanol–water partition coefficient (Wildman–Crippen LogP) is 0.0612. The first kappa shape index (κ1) is 17.2. The van der Waals surface area contributed by atoms with Crippen LogP contribution in [-0.4, -0.2) is 54.0 Å². The summed E-state index contributed by atoms with van der Waals surface area (Å²) in [5, 5.41) is 5.01. The summed E-state index contributed by atoms with van der Waals surface area (Å²) in [5.41, 5.74) is 6.31.